The van der Waals surface area contributed by atoms with Crippen LogP contribution in [0.5, 0.6) is 0 Å². The number of oxazole rings is 1. The molecule has 4 aromatic rings. The van der Waals surface area contributed by atoms with Crippen LogP contribution in [0.2, 0.25) is 5.02 Å². The molecule has 4 rings (SSSR count). The Kier molecular flexibility index (Phi) is 4.03. The van der Waals surface area contributed by atoms with Gasteiger partial charge in [0.15, 0.2) is 5.58 Å². The Balaban J connectivity index is 1.65. The number of aryl methyl sites for hydroxylation is 1. The minimum Gasteiger partial charge on any atom is -0.436 e. The topological polar surface area (TPSA) is 55.1 Å². The van der Waals surface area contributed by atoms with Gasteiger partial charge in [-0.25, -0.2) is 4.98 Å². The number of anilines is 1. The highest BCUT2D eigenvalue weighted by atomic mass is 35.5. The predicted octanol–water partition coefficient (Wildman–Crippen LogP) is 5.77. The Morgan fingerprint density at radius 3 is 2.84 bits per heavy atom. The second-order valence-corrected chi connectivity index (χ2v) is 6.95. The molecule has 0 aliphatic heterocycles. The van der Waals surface area contributed by atoms with Gasteiger partial charge in [0.1, 0.15) is 5.52 Å². The van der Waals surface area contributed by atoms with Crippen molar-refractivity contribution in [3.8, 4) is 11.5 Å². The standard InChI is InChI=1S/C19H13ClN2O2S/c1-11-4-5-12(9-14(11)20)19-22-15-10-13(6-7-16(15)24-19)21-18(23)17-3-2-8-25-17/h2-10H,1H3,(H,21,23). The molecule has 0 saturated heterocycles. The van der Waals surface area contributed by atoms with Gasteiger partial charge in [-0.1, -0.05) is 23.7 Å². The van der Waals surface area contributed by atoms with Crippen molar-refractivity contribution >= 4 is 45.6 Å². The quantitative estimate of drug-likeness (QED) is 0.499. The number of amides is 1. The molecule has 2 aromatic heterocycles. The summed E-state index contributed by atoms with van der Waals surface area (Å²) in [6.45, 7) is 1.95. The third-order valence-corrected chi connectivity index (χ3v) is 5.09. The van der Waals surface area contributed by atoms with E-state index in [2.05, 4.69) is 10.3 Å². The monoisotopic (exact) mass is 368 g/mol. The summed E-state index contributed by atoms with van der Waals surface area (Å²) in [4.78, 5) is 17.3. The molecule has 124 valence electrons. The van der Waals surface area contributed by atoms with Gasteiger partial charge in [-0.15, -0.1) is 11.3 Å². The summed E-state index contributed by atoms with van der Waals surface area (Å²) in [6, 6.07) is 14.7. The molecule has 0 radical (unpaired) electrons. The summed E-state index contributed by atoms with van der Waals surface area (Å²) < 4.78 is 5.80. The summed E-state index contributed by atoms with van der Waals surface area (Å²) in [5, 5.41) is 5.41. The lowest BCUT2D eigenvalue weighted by Crippen LogP contribution is -2.09. The number of carbonyl (C=O) groups is 1. The van der Waals surface area contributed by atoms with Crippen molar-refractivity contribution in [2.45, 2.75) is 6.92 Å². The number of hydrogen-bond acceptors (Lipinski definition) is 4. The zero-order valence-electron chi connectivity index (χ0n) is 13.2. The lowest BCUT2D eigenvalue weighted by atomic mass is 10.1. The van der Waals surface area contributed by atoms with Crippen molar-refractivity contribution in [1.82, 2.24) is 4.98 Å². The van der Waals surface area contributed by atoms with E-state index in [1.807, 2.05) is 36.6 Å². The molecule has 0 aliphatic rings. The molecule has 6 heteroatoms. The number of rotatable bonds is 3. The molecule has 25 heavy (non-hydrogen) atoms. The lowest BCUT2D eigenvalue weighted by molar-refractivity contribution is 0.103. The molecule has 0 spiro atoms. The van der Waals surface area contributed by atoms with Crippen LogP contribution in [-0.2, 0) is 0 Å². The molecule has 0 unspecified atom stereocenters. The Morgan fingerprint density at radius 1 is 1.20 bits per heavy atom. The van der Waals surface area contributed by atoms with Crippen LogP contribution in [0.3, 0.4) is 0 Å². The van der Waals surface area contributed by atoms with E-state index in [0.29, 0.717) is 32.6 Å². The van der Waals surface area contributed by atoms with Crippen LogP contribution in [0.1, 0.15) is 15.2 Å². The Hall–Kier alpha value is -2.63. The second kappa shape index (κ2) is 6.35. The number of thiophene rings is 1. The average molecular weight is 369 g/mol. The van der Waals surface area contributed by atoms with E-state index < -0.39 is 0 Å². The van der Waals surface area contributed by atoms with Crippen molar-refractivity contribution in [3.05, 3.63) is 69.4 Å². The van der Waals surface area contributed by atoms with Gasteiger partial charge in [-0.05, 0) is 54.3 Å². The number of benzene rings is 2. The van der Waals surface area contributed by atoms with Crippen LogP contribution >= 0.6 is 22.9 Å². The third kappa shape index (κ3) is 3.16. The smallest absolute Gasteiger partial charge is 0.265 e. The van der Waals surface area contributed by atoms with Crippen molar-refractivity contribution in [1.29, 1.82) is 0 Å². The van der Waals surface area contributed by atoms with Gasteiger partial charge in [-0.3, -0.25) is 4.79 Å². The van der Waals surface area contributed by atoms with E-state index in [0.717, 1.165) is 11.1 Å². The summed E-state index contributed by atoms with van der Waals surface area (Å²) in [6.07, 6.45) is 0. The SMILES string of the molecule is Cc1ccc(-c2nc3cc(NC(=O)c4cccs4)ccc3o2)cc1Cl. The number of halogens is 1. The summed E-state index contributed by atoms with van der Waals surface area (Å²) in [5.41, 5.74) is 3.82. The largest absolute Gasteiger partial charge is 0.436 e. The summed E-state index contributed by atoms with van der Waals surface area (Å²) in [5.74, 6) is 0.363. The van der Waals surface area contributed by atoms with E-state index in [1.165, 1.54) is 11.3 Å². The highest BCUT2D eigenvalue weighted by Crippen LogP contribution is 2.29. The first-order valence-corrected chi connectivity index (χ1v) is 8.88. The molecule has 2 aromatic carbocycles. The highest BCUT2D eigenvalue weighted by Gasteiger charge is 2.12. The molecular weight excluding hydrogens is 356 g/mol. The van der Waals surface area contributed by atoms with Crippen LogP contribution in [-0.4, -0.2) is 10.9 Å². The molecule has 2 heterocycles. The summed E-state index contributed by atoms with van der Waals surface area (Å²) in [7, 11) is 0. The maximum absolute atomic E-state index is 12.1. The Morgan fingerprint density at radius 2 is 2.08 bits per heavy atom. The van der Waals surface area contributed by atoms with Crippen molar-refractivity contribution in [3.63, 3.8) is 0 Å². The molecule has 0 aliphatic carbocycles. The first-order chi connectivity index (χ1) is 12.1. The first-order valence-electron chi connectivity index (χ1n) is 7.62. The van der Waals surface area contributed by atoms with Gasteiger partial charge < -0.3 is 9.73 Å². The minimum absolute atomic E-state index is 0.136. The molecule has 4 nitrogen and oxygen atoms in total. The van der Waals surface area contributed by atoms with Gasteiger partial charge in [-0.2, -0.15) is 0 Å². The molecule has 0 fully saturated rings. The molecule has 0 saturated carbocycles. The molecular formula is C19H13ClN2O2S. The summed E-state index contributed by atoms with van der Waals surface area (Å²) >= 11 is 7.58. The zero-order chi connectivity index (χ0) is 17.4. The lowest BCUT2D eigenvalue weighted by Gasteiger charge is -2.02. The number of hydrogen-bond donors (Lipinski definition) is 1. The van der Waals surface area contributed by atoms with E-state index in [9.17, 15) is 4.79 Å². The van der Waals surface area contributed by atoms with Crippen LogP contribution in [0.4, 0.5) is 5.69 Å². The van der Waals surface area contributed by atoms with Crippen LogP contribution in [0, 0.1) is 6.92 Å². The van der Waals surface area contributed by atoms with Gasteiger partial charge in [0.25, 0.3) is 5.91 Å². The molecule has 1 amide bonds. The van der Waals surface area contributed by atoms with Crippen molar-refractivity contribution in [2.24, 2.45) is 0 Å². The van der Waals surface area contributed by atoms with Crippen molar-refractivity contribution < 1.29 is 9.21 Å². The van der Waals surface area contributed by atoms with Gasteiger partial charge >= 0.3 is 0 Å². The number of nitrogens with zero attached hydrogens (tertiary/aromatic N) is 1. The van der Waals surface area contributed by atoms with Gasteiger partial charge in [0.05, 0.1) is 4.88 Å². The Bertz CT molecular complexity index is 1070. The van der Waals surface area contributed by atoms with E-state index in [-0.39, 0.29) is 5.91 Å². The predicted molar refractivity (Wildman–Crippen MR) is 101 cm³/mol. The number of fused-ring (bicyclic) bond motifs is 1. The molecule has 0 bridgehead atoms. The van der Waals surface area contributed by atoms with Crippen molar-refractivity contribution in [2.75, 3.05) is 5.32 Å². The Labute approximate surface area is 153 Å². The average Bonchev–Trinajstić information content (AvgIpc) is 3.26. The fraction of sp³-hybridized carbons (Fsp3) is 0.0526. The number of carbonyl (C=O) groups excluding carboxylic acids is 1. The number of nitrogens with one attached hydrogen (secondary N) is 1. The minimum atomic E-state index is -0.136. The van der Waals surface area contributed by atoms with E-state index in [1.54, 1.807) is 24.3 Å². The normalized spacial score (nSPS) is 11.0. The maximum Gasteiger partial charge on any atom is 0.265 e. The number of aromatic nitrogens is 1. The maximum atomic E-state index is 12.1. The zero-order valence-corrected chi connectivity index (χ0v) is 14.8. The van der Waals surface area contributed by atoms with E-state index in [4.69, 9.17) is 16.0 Å². The fourth-order valence-corrected chi connectivity index (χ4v) is 3.25. The fourth-order valence-electron chi connectivity index (χ4n) is 2.46. The van der Waals surface area contributed by atoms with Crippen LogP contribution < -0.4 is 5.32 Å². The molecule has 0 atom stereocenters. The second-order valence-electron chi connectivity index (χ2n) is 5.60. The third-order valence-electron chi connectivity index (χ3n) is 3.81. The first kappa shape index (κ1) is 15.9. The van der Waals surface area contributed by atoms with Crippen LogP contribution in [0.25, 0.3) is 22.6 Å². The van der Waals surface area contributed by atoms with E-state index >= 15 is 0 Å². The highest BCUT2D eigenvalue weighted by molar-refractivity contribution is 7.12. The molecule has 1 N–H and O–H groups in total. The van der Waals surface area contributed by atoms with Gasteiger partial charge in [0.2, 0.25) is 5.89 Å². The van der Waals surface area contributed by atoms with Gasteiger partial charge in [0, 0.05) is 16.3 Å². The van der Waals surface area contributed by atoms with Crippen LogP contribution in [0.15, 0.2) is 58.3 Å².